The highest BCUT2D eigenvalue weighted by molar-refractivity contribution is 7.99. The van der Waals surface area contributed by atoms with E-state index in [0.29, 0.717) is 18.1 Å². The number of hydrogen-bond donors (Lipinski definition) is 0. The van der Waals surface area contributed by atoms with Gasteiger partial charge in [-0.1, -0.05) is 0 Å². The average molecular weight is 334 g/mol. The van der Waals surface area contributed by atoms with Crippen LogP contribution in [-0.4, -0.2) is 41.7 Å². The summed E-state index contributed by atoms with van der Waals surface area (Å²) in [6.07, 6.45) is 0. The van der Waals surface area contributed by atoms with Crippen molar-refractivity contribution < 1.29 is 17.7 Å². The number of halogens is 1. The number of nitrogens with zero attached hydrogens (tertiary/aromatic N) is 2. The summed E-state index contributed by atoms with van der Waals surface area (Å²) in [7, 11) is -3.86. The second-order valence-electron chi connectivity index (χ2n) is 4.87. The predicted molar refractivity (Wildman–Crippen MR) is 78.5 cm³/mol. The van der Waals surface area contributed by atoms with E-state index in [-0.39, 0.29) is 16.5 Å². The normalized spacial score (nSPS) is 20.4. The van der Waals surface area contributed by atoms with Gasteiger partial charge in [0.25, 0.3) is 0 Å². The Morgan fingerprint density at radius 3 is 2.71 bits per heavy atom. The fraction of sp³-hybridized carbons (Fsp3) is 0.500. The molecule has 9 heteroatoms. The van der Waals surface area contributed by atoms with Crippen LogP contribution in [0.15, 0.2) is 17.0 Å². The Labute approximate surface area is 126 Å². The predicted octanol–water partition coefficient (Wildman–Crippen LogP) is 2.17. The molecule has 0 amide bonds. The Morgan fingerprint density at radius 2 is 2.14 bits per heavy atom. The smallest absolute Gasteiger partial charge is 0.258 e. The largest absolute Gasteiger partial charge is 0.306 e. The molecular weight excluding hydrogens is 319 g/mol. The van der Waals surface area contributed by atoms with E-state index in [1.54, 1.807) is 18.7 Å². The van der Waals surface area contributed by atoms with Crippen molar-refractivity contribution in [2.24, 2.45) is 0 Å². The SMILES string of the molecule is Cc1cc(S(=O)(=O)N2CCSCC2C)cc([N+](=O)[O-])c1F. The number of nitro groups is 1. The van der Waals surface area contributed by atoms with Crippen LogP contribution in [0.3, 0.4) is 0 Å². The summed E-state index contributed by atoms with van der Waals surface area (Å²) in [4.78, 5) is 9.71. The van der Waals surface area contributed by atoms with Crippen molar-refractivity contribution in [1.29, 1.82) is 0 Å². The highest BCUT2D eigenvalue weighted by Gasteiger charge is 2.33. The van der Waals surface area contributed by atoms with Crippen LogP contribution in [0.1, 0.15) is 12.5 Å². The third-order valence-electron chi connectivity index (χ3n) is 3.32. The minimum Gasteiger partial charge on any atom is -0.258 e. The van der Waals surface area contributed by atoms with Gasteiger partial charge in [-0.05, 0) is 25.5 Å². The van der Waals surface area contributed by atoms with Gasteiger partial charge in [0.05, 0.1) is 9.82 Å². The molecule has 0 radical (unpaired) electrons. The van der Waals surface area contributed by atoms with Crippen molar-refractivity contribution in [2.45, 2.75) is 24.8 Å². The summed E-state index contributed by atoms with van der Waals surface area (Å²) in [6, 6.07) is 1.75. The van der Waals surface area contributed by atoms with E-state index in [0.717, 1.165) is 12.1 Å². The molecular formula is C12H15FN2O4S2. The topological polar surface area (TPSA) is 80.5 Å². The number of nitro benzene ring substituents is 1. The zero-order chi connectivity index (χ0) is 15.8. The maximum atomic E-state index is 13.7. The molecule has 6 nitrogen and oxygen atoms in total. The highest BCUT2D eigenvalue weighted by atomic mass is 32.2. The lowest BCUT2D eigenvalue weighted by atomic mass is 10.2. The van der Waals surface area contributed by atoms with Crippen molar-refractivity contribution in [3.05, 3.63) is 33.6 Å². The standard InChI is InChI=1S/C12H15FN2O4S2/c1-8-5-10(6-11(12(8)13)15(16)17)21(18,19)14-3-4-20-7-9(14)2/h5-6,9H,3-4,7H2,1-2H3. The molecule has 0 spiro atoms. The molecule has 1 aromatic carbocycles. The summed E-state index contributed by atoms with van der Waals surface area (Å²) in [5.74, 6) is 0.342. The minimum atomic E-state index is -3.86. The van der Waals surface area contributed by atoms with Gasteiger partial charge in [-0.15, -0.1) is 0 Å². The van der Waals surface area contributed by atoms with E-state index < -0.39 is 26.5 Å². The number of aryl methyl sites for hydroxylation is 1. The first-order valence-electron chi connectivity index (χ1n) is 6.29. The minimum absolute atomic E-state index is 0.0539. The van der Waals surface area contributed by atoms with Crippen LogP contribution < -0.4 is 0 Å². The number of benzene rings is 1. The molecule has 0 aliphatic carbocycles. The van der Waals surface area contributed by atoms with Gasteiger partial charge in [-0.25, -0.2) is 8.42 Å². The first-order chi connectivity index (χ1) is 9.75. The van der Waals surface area contributed by atoms with Gasteiger partial charge in [0.15, 0.2) is 0 Å². The van der Waals surface area contributed by atoms with E-state index in [9.17, 15) is 22.9 Å². The molecule has 2 rings (SSSR count). The monoisotopic (exact) mass is 334 g/mol. The zero-order valence-electron chi connectivity index (χ0n) is 11.6. The summed E-state index contributed by atoms with van der Waals surface area (Å²) in [6.45, 7) is 3.45. The molecule has 1 atom stereocenters. The van der Waals surface area contributed by atoms with Crippen LogP contribution >= 0.6 is 11.8 Å². The van der Waals surface area contributed by atoms with Crippen molar-refractivity contribution in [3.8, 4) is 0 Å². The van der Waals surface area contributed by atoms with Crippen LogP contribution in [0.4, 0.5) is 10.1 Å². The van der Waals surface area contributed by atoms with Gasteiger partial charge in [0, 0.05) is 30.2 Å². The molecule has 1 unspecified atom stereocenters. The molecule has 1 aliphatic heterocycles. The van der Waals surface area contributed by atoms with Crippen molar-refractivity contribution >= 4 is 27.5 Å². The van der Waals surface area contributed by atoms with Gasteiger partial charge < -0.3 is 0 Å². The quantitative estimate of drug-likeness (QED) is 0.625. The van der Waals surface area contributed by atoms with Gasteiger partial charge in [0.1, 0.15) is 0 Å². The van der Waals surface area contributed by atoms with Crippen LogP contribution in [0.2, 0.25) is 0 Å². The fourth-order valence-electron chi connectivity index (χ4n) is 2.20. The second kappa shape index (κ2) is 5.90. The first kappa shape index (κ1) is 16.2. The second-order valence-corrected chi connectivity index (χ2v) is 7.91. The third kappa shape index (κ3) is 3.04. The lowest BCUT2D eigenvalue weighted by Crippen LogP contribution is -2.44. The average Bonchev–Trinajstić information content (AvgIpc) is 2.41. The number of hydrogen-bond acceptors (Lipinski definition) is 5. The van der Waals surface area contributed by atoms with Gasteiger partial charge in [0.2, 0.25) is 15.8 Å². The van der Waals surface area contributed by atoms with E-state index >= 15 is 0 Å². The van der Waals surface area contributed by atoms with E-state index in [1.165, 1.54) is 11.2 Å². The zero-order valence-corrected chi connectivity index (χ0v) is 13.2. The Balaban J connectivity index is 2.52. The maximum Gasteiger partial charge on any atom is 0.306 e. The van der Waals surface area contributed by atoms with Crippen LogP contribution in [0, 0.1) is 22.9 Å². The fourth-order valence-corrected chi connectivity index (χ4v) is 5.17. The van der Waals surface area contributed by atoms with E-state index in [2.05, 4.69) is 0 Å². The molecule has 0 bridgehead atoms. The highest BCUT2D eigenvalue weighted by Crippen LogP contribution is 2.29. The number of sulfonamides is 1. The lowest BCUT2D eigenvalue weighted by Gasteiger charge is -2.31. The first-order valence-corrected chi connectivity index (χ1v) is 8.88. The van der Waals surface area contributed by atoms with Gasteiger partial charge in [-0.3, -0.25) is 10.1 Å². The van der Waals surface area contributed by atoms with Crippen molar-refractivity contribution in [2.75, 3.05) is 18.1 Å². The van der Waals surface area contributed by atoms with Crippen LogP contribution in [-0.2, 0) is 10.0 Å². The van der Waals surface area contributed by atoms with Crippen LogP contribution in [0.25, 0.3) is 0 Å². The Morgan fingerprint density at radius 1 is 1.48 bits per heavy atom. The molecule has 116 valence electrons. The number of thioether (sulfide) groups is 1. The Kier molecular flexibility index (Phi) is 4.54. The van der Waals surface area contributed by atoms with E-state index in [4.69, 9.17) is 0 Å². The summed E-state index contributed by atoms with van der Waals surface area (Å²) < 4.78 is 40.2. The van der Waals surface area contributed by atoms with E-state index in [1.807, 2.05) is 0 Å². The molecule has 1 fully saturated rings. The Bertz CT molecular complexity index is 678. The summed E-state index contributed by atoms with van der Waals surface area (Å²) >= 11 is 1.66. The van der Waals surface area contributed by atoms with Gasteiger partial charge in [-0.2, -0.15) is 20.5 Å². The molecule has 1 heterocycles. The molecule has 0 N–H and O–H groups in total. The molecule has 1 saturated heterocycles. The maximum absolute atomic E-state index is 13.7. The van der Waals surface area contributed by atoms with Crippen molar-refractivity contribution in [3.63, 3.8) is 0 Å². The molecule has 21 heavy (non-hydrogen) atoms. The molecule has 0 saturated carbocycles. The molecule has 0 aromatic heterocycles. The van der Waals surface area contributed by atoms with Crippen molar-refractivity contribution in [1.82, 2.24) is 4.31 Å². The van der Waals surface area contributed by atoms with Gasteiger partial charge >= 0.3 is 5.69 Å². The lowest BCUT2D eigenvalue weighted by molar-refractivity contribution is -0.387. The Hall–Kier alpha value is -1.19. The summed E-state index contributed by atoms with van der Waals surface area (Å²) in [5.41, 5.74) is -0.866. The summed E-state index contributed by atoms with van der Waals surface area (Å²) in [5, 5.41) is 10.8. The molecule has 1 aromatic rings. The molecule has 1 aliphatic rings. The van der Waals surface area contributed by atoms with Crippen LogP contribution in [0.5, 0.6) is 0 Å². The third-order valence-corrected chi connectivity index (χ3v) is 6.50. The number of rotatable bonds is 3.